The SMILES string of the molecule is CNc1nc(Oc2ccc(C)c(F)c2)c2ccccc2n1. The monoisotopic (exact) mass is 283 g/mol. The van der Waals surface area contributed by atoms with E-state index in [4.69, 9.17) is 4.74 Å². The highest BCUT2D eigenvalue weighted by Gasteiger charge is 2.10. The number of aromatic nitrogens is 2. The van der Waals surface area contributed by atoms with Crippen LogP contribution in [0.1, 0.15) is 5.56 Å². The fourth-order valence-electron chi connectivity index (χ4n) is 1.99. The van der Waals surface area contributed by atoms with E-state index < -0.39 is 0 Å². The van der Waals surface area contributed by atoms with Crippen molar-refractivity contribution in [2.24, 2.45) is 0 Å². The van der Waals surface area contributed by atoms with Gasteiger partial charge in [-0.05, 0) is 30.7 Å². The summed E-state index contributed by atoms with van der Waals surface area (Å²) in [5, 5.41) is 3.66. The summed E-state index contributed by atoms with van der Waals surface area (Å²) in [5.74, 6) is 0.952. The smallest absolute Gasteiger partial charge is 0.231 e. The second-order valence-corrected chi connectivity index (χ2v) is 4.63. The third-order valence-electron chi connectivity index (χ3n) is 3.15. The van der Waals surface area contributed by atoms with E-state index in [0.717, 1.165) is 10.9 Å². The maximum Gasteiger partial charge on any atom is 0.231 e. The number of hydrogen-bond acceptors (Lipinski definition) is 4. The van der Waals surface area contributed by atoms with Gasteiger partial charge in [0.1, 0.15) is 11.6 Å². The van der Waals surface area contributed by atoms with Crippen molar-refractivity contribution >= 4 is 16.9 Å². The van der Waals surface area contributed by atoms with Crippen molar-refractivity contribution in [2.45, 2.75) is 6.92 Å². The normalized spacial score (nSPS) is 10.6. The van der Waals surface area contributed by atoms with Gasteiger partial charge < -0.3 is 10.1 Å². The van der Waals surface area contributed by atoms with E-state index in [1.54, 1.807) is 26.1 Å². The van der Waals surface area contributed by atoms with Gasteiger partial charge >= 0.3 is 0 Å². The first-order valence-corrected chi connectivity index (χ1v) is 6.56. The molecular formula is C16H14FN3O. The summed E-state index contributed by atoms with van der Waals surface area (Å²) in [4.78, 5) is 8.65. The van der Waals surface area contributed by atoms with Gasteiger partial charge in [-0.25, -0.2) is 9.37 Å². The Hall–Kier alpha value is -2.69. The number of halogens is 1. The van der Waals surface area contributed by atoms with Crippen LogP contribution in [0.5, 0.6) is 11.6 Å². The number of para-hydroxylation sites is 1. The summed E-state index contributed by atoms with van der Waals surface area (Å²) in [6, 6.07) is 12.3. The Morgan fingerprint density at radius 1 is 1.10 bits per heavy atom. The maximum atomic E-state index is 13.6. The minimum atomic E-state index is -0.306. The van der Waals surface area contributed by atoms with Crippen molar-refractivity contribution in [3.8, 4) is 11.6 Å². The lowest BCUT2D eigenvalue weighted by Crippen LogP contribution is -1.99. The zero-order chi connectivity index (χ0) is 14.8. The molecule has 2 aromatic carbocycles. The van der Waals surface area contributed by atoms with Gasteiger partial charge in [-0.3, -0.25) is 0 Å². The van der Waals surface area contributed by atoms with Crippen molar-refractivity contribution in [3.05, 3.63) is 53.8 Å². The Morgan fingerprint density at radius 3 is 2.67 bits per heavy atom. The van der Waals surface area contributed by atoms with E-state index in [0.29, 0.717) is 23.1 Å². The molecule has 4 nitrogen and oxygen atoms in total. The van der Waals surface area contributed by atoms with Gasteiger partial charge in [0.15, 0.2) is 0 Å². The van der Waals surface area contributed by atoms with Crippen LogP contribution >= 0.6 is 0 Å². The average molecular weight is 283 g/mol. The molecular weight excluding hydrogens is 269 g/mol. The number of aryl methyl sites for hydroxylation is 1. The number of anilines is 1. The number of nitrogens with one attached hydrogen (secondary N) is 1. The molecule has 1 heterocycles. The molecule has 0 atom stereocenters. The molecule has 1 N–H and O–H groups in total. The van der Waals surface area contributed by atoms with Gasteiger partial charge in [-0.1, -0.05) is 18.2 Å². The standard InChI is InChI=1S/C16H14FN3O/c1-10-7-8-11(9-13(10)17)21-15-12-5-3-4-6-14(12)19-16(18-2)20-15/h3-9H,1-2H3,(H,18,19,20). The third-order valence-corrected chi connectivity index (χ3v) is 3.15. The summed E-state index contributed by atoms with van der Waals surface area (Å²) in [7, 11) is 1.74. The van der Waals surface area contributed by atoms with Crippen molar-refractivity contribution < 1.29 is 9.13 Å². The van der Waals surface area contributed by atoms with Crippen LogP contribution in [-0.2, 0) is 0 Å². The van der Waals surface area contributed by atoms with Gasteiger partial charge in [0.05, 0.1) is 10.9 Å². The van der Waals surface area contributed by atoms with Crippen LogP contribution < -0.4 is 10.1 Å². The van der Waals surface area contributed by atoms with E-state index >= 15 is 0 Å². The predicted molar refractivity (Wildman–Crippen MR) is 80.3 cm³/mol. The molecule has 1 aromatic heterocycles. The Bertz CT molecular complexity index is 805. The number of benzene rings is 2. The molecule has 0 bridgehead atoms. The average Bonchev–Trinajstić information content (AvgIpc) is 2.51. The molecule has 0 aliphatic rings. The molecule has 3 rings (SSSR count). The number of hydrogen-bond donors (Lipinski definition) is 1. The van der Waals surface area contributed by atoms with Crippen molar-refractivity contribution in [1.82, 2.24) is 9.97 Å². The highest BCUT2D eigenvalue weighted by molar-refractivity contribution is 5.84. The van der Waals surface area contributed by atoms with E-state index in [1.165, 1.54) is 6.07 Å². The highest BCUT2D eigenvalue weighted by atomic mass is 19.1. The molecule has 0 aliphatic carbocycles. The minimum Gasteiger partial charge on any atom is -0.438 e. The lowest BCUT2D eigenvalue weighted by molar-refractivity contribution is 0.463. The molecule has 0 aliphatic heterocycles. The van der Waals surface area contributed by atoms with Crippen molar-refractivity contribution in [2.75, 3.05) is 12.4 Å². The third kappa shape index (κ3) is 2.63. The van der Waals surface area contributed by atoms with Crippen LogP contribution in [0.3, 0.4) is 0 Å². The van der Waals surface area contributed by atoms with Gasteiger partial charge in [0, 0.05) is 13.1 Å². The topological polar surface area (TPSA) is 47.0 Å². The van der Waals surface area contributed by atoms with Crippen LogP contribution in [0, 0.1) is 12.7 Å². The maximum absolute atomic E-state index is 13.6. The molecule has 21 heavy (non-hydrogen) atoms. The summed E-state index contributed by atoms with van der Waals surface area (Å²) < 4.78 is 19.4. The van der Waals surface area contributed by atoms with Gasteiger partial charge in [-0.15, -0.1) is 0 Å². The van der Waals surface area contributed by atoms with Crippen LogP contribution in [0.15, 0.2) is 42.5 Å². The Morgan fingerprint density at radius 2 is 1.90 bits per heavy atom. The van der Waals surface area contributed by atoms with Gasteiger partial charge in [-0.2, -0.15) is 4.98 Å². The molecule has 5 heteroatoms. The summed E-state index contributed by atoms with van der Waals surface area (Å²) >= 11 is 0. The molecule has 0 saturated carbocycles. The van der Waals surface area contributed by atoms with E-state index in [-0.39, 0.29) is 5.82 Å². The molecule has 0 fully saturated rings. The molecule has 0 unspecified atom stereocenters. The highest BCUT2D eigenvalue weighted by Crippen LogP contribution is 2.29. The van der Waals surface area contributed by atoms with E-state index in [1.807, 2.05) is 24.3 Å². The molecule has 0 saturated heterocycles. The summed E-state index contributed by atoms with van der Waals surface area (Å²) in [5.41, 5.74) is 1.34. The first-order chi connectivity index (χ1) is 10.2. The largest absolute Gasteiger partial charge is 0.438 e. The van der Waals surface area contributed by atoms with E-state index in [2.05, 4.69) is 15.3 Å². The molecule has 0 radical (unpaired) electrons. The van der Waals surface area contributed by atoms with E-state index in [9.17, 15) is 4.39 Å². The Kier molecular flexibility index (Phi) is 3.39. The predicted octanol–water partition coefficient (Wildman–Crippen LogP) is 3.91. The fraction of sp³-hybridized carbons (Fsp3) is 0.125. The number of rotatable bonds is 3. The second kappa shape index (κ2) is 5.36. The van der Waals surface area contributed by atoms with Crippen LogP contribution in [-0.4, -0.2) is 17.0 Å². The Balaban J connectivity index is 2.08. The first-order valence-electron chi connectivity index (χ1n) is 6.56. The molecule has 106 valence electrons. The summed E-state index contributed by atoms with van der Waals surface area (Å²) in [6.07, 6.45) is 0. The van der Waals surface area contributed by atoms with Crippen LogP contribution in [0.2, 0.25) is 0 Å². The lowest BCUT2D eigenvalue weighted by Gasteiger charge is -2.10. The summed E-state index contributed by atoms with van der Waals surface area (Å²) in [6.45, 7) is 1.71. The van der Waals surface area contributed by atoms with Crippen molar-refractivity contribution in [1.29, 1.82) is 0 Å². The zero-order valence-corrected chi connectivity index (χ0v) is 11.7. The molecule has 0 amide bonds. The number of nitrogens with zero attached hydrogens (tertiary/aromatic N) is 2. The zero-order valence-electron chi connectivity index (χ0n) is 11.7. The quantitative estimate of drug-likeness (QED) is 0.791. The number of ether oxygens (including phenoxy) is 1. The van der Waals surface area contributed by atoms with Crippen LogP contribution in [0.25, 0.3) is 10.9 Å². The lowest BCUT2D eigenvalue weighted by atomic mass is 10.2. The molecule has 0 spiro atoms. The Labute approximate surface area is 121 Å². The van der Waals surface area contributed by atoms with Crippen molar-refractivity contribution in [3.63, 3.8) is 0 Å². The van der Waals surface area contributed by atoms with Gasteiger partial charge in [0.2, 0.25) is 11.8 Å². The van der Waals surface area contributed by atoms with Crippen LogP contribution in [0.4, 0.5) is 10.3 Å². The first kappa shape index (κ1) is 13.3. The number of fused-ring (bicyclic) bond motifs is 1. The molecule has 3 aromatic rings. The minimum absolute atomic E-state index is 0.306. The van der Waals surface area contributed by atoms with Gasteiger partial charge in [0.25, 0.3) is 0 Å². The fourth-order valence-corrected chi connectivity index (χ4v) is 1.99. The second-order valence-electron chi connectivity index (χ2n) is 4.63.